The summed E-state index contributed by atoms with van der Waals surface area (Å²) in [6, 6.07) is 8.26. The third-order valence-corrected chi connectivity index (χ3v) is 2.83. The van der Waals surface area contributed by atoms with Crippen molar-refractivity contribution < 1.29 is 9.47 Å². The molecule has 1 rings (SSSR count). The van der Waals surface area contributed by atoms with Gasteiger partial charge in [0, 0.05) is 20.2 Å². The molecular weight excluding hydrogens is 238 g/mol. The van der Waals surface area contributed by atoms with Gasteiger partial charge in [0.05, 0.1) is 13.2 Å². The van der Waals surface area contributed by atoms with Crippen LogP contribution in [0.25, 0.3) is 0 Å². The fourth-order valence-electron chi connectivity index (χ4n) is 1.63. The number of benzene rings is 1. The van der Waals surface area contributed by atoms with Crippen LogP contribution in [-0.4, -0.2) is 26.9 Å². The van der Waals surface area contributed by atoms with Crippen LogP contribution in [0.4, 0.5) is 0 Å². The van der Waals surface area contributed by atoms with Crippen LogP contribution in [0.5, 0.6) is 5.75 Å². The van der Waals surface area contributed by atoms with Crippen molar-refractivity contribution in [2.45, 2.75) is 33.7 Å². The van der Waals surface area contributed by atoms with Gasteiger partial charge in [0.2, 0.25) is 0 Å². The molecule has 0 radical (unpaired) electrons. The number of methoxy groups -OCH3 is 1. The van der Waals surface area contributed by atoms with E-state index in [-0.39, 0.29) is 0 Å². The van der Waals surface area contributed by atoms with Crippen LogP contribution in [0.15, 0.2) is 24.3 Å². The molecule has 0 spiro atoms. The number of hydrogen-bond donors (Lipinski definition) is 1. The standard InChI is InChI=1S/C16H27NO2/c1-16(2,3)8-10-19-15-7-5-6-14(12-15)13-17-9-11-18-4/h5-7,12,17H,8-11,13H2,1-4H3. The number of hydrogen-bond acceptors (Lipinski definition) is 3. The predicted octanol–water partition coefficient (Wildman–Crippen LogP) is 3.24. The Kier molecular flexibility index (Phi) is 6.89. The highest BCUT2D eigenvalue weighted by Gasteiger charge is 2.09. The van der Waals surface area contributed by atoms with Gasteiger partial charge in [0.25, 0.3) is 0 Å². The SMILES string of the molecule is COCCNCc1cccc(OCCC(C)(C)C)c1. The highest BCUT2D eigenvalue weighted by Crippen LogP contribution is 2.20. The molecule has 0 heterocycles. The lowest BCUT2D eigenvalue weighted by molar-refractivity contribution is 0.199. The van der Waals surface area contributed by atoms with Gasteiger partial charge in [0.1, 0.15) is 5.75 Å². The average molecular weight is 265 g/mol. The van der Waals surface area contributed by atoms with E-state index in [4.69, 9.17) is 9.47 Å². The van der Waals surface area contributed by atoms with E-state index < -0.39 is 0 Å². The van der Waals surface area contributed by atoms with Gasteiger partial charge in [-0.25, -0.2) is 0 Å². The highest BCUT2D eigenvalue weighted by atomic mass is 16.5. The minimum absolute atomic E-state index is 0.319. The van der Waals surface area contributed by atoms with Gasteiger partial charge in [0.15, 0.2) is 0 Å². The van der Waals surface area contributed by atoms with E-state index in [0.717, 1.165) is 38.5 Å². The van der Waals surface area contributed by atoms with Crippen LogP contribution in [0.2, 0.25) is 0 Å². The summed E-state index contributed by atoms with van der Waals surface area (Å²) in [4.78, 5) is 0. The summed E-state index contributed by atoms with van der Waals surface area (Å²) in [7, 11) is 1.71. The monoisotopic (exact) mass is 265 g/mol. The van der Waals surface area contributed by atoms with Gasteiger partial charge in [-0.15, -0.1) is 0 Å². The summed E-state index contributed by atoms with van der Waals surface area (Å²) in [5, 5.41) is 3.33. The van der Waals surface area contributed by atoms with Gasteiger partial charge in [-0.3, -0.25) is 0 Å². The Balaban J connectivity index is 2.35. The molecule has 0 atom stereocenters. The summed E-state index contributed by atoms with van der Waals surface area (Å²) >= 11 is 0. The fraction of sp³-hybridized carbons (Fsp3) is 0.625. The first-order chi connectivity index (χ1) is 9.01. The summed E-state index contributed by atoms with van der Waals surface area (Å²) in [6.07, 6.45) is 1.06. The molecule has 1 N–H and O–H groups in total. The van der Waals surface area contributed by atoms with E-state index in [1.165, 1.54) is 5.56 Å². The van der Waals surface area contributed by atoms with Crippen LogP contribution in [0.1, 0.15) is 32.8 Å². The van der Waals surface area contributed by atoms with E-state index in [1.54, 1.807) is 7.11 Å². The van der Waals surface area contributed by atoms with Gasteiger partial charge in [-0.1, -0.05) is 32.9 Å². The van der Waals surface area contributed by atoms with E-state index >= 15 is 0 Å². The lowest BCUT2D eigenvalue weighted by Gasteiger charge is -2.18. The molecule has 108 valence electrons. The Morgan fingerprint density at radius 2 is 1.95 bits per heavy atom. The molecular formula is C16H27NO2. The molecule has 0 bridgehead atoms. The van der Waals surface area contributed by atoms with Crippen molar-refractivity contribution >= 4 is 0 Å². The Hall–Kier alpha value is -1.06. The zero-order valence-electron chi connectivity index (χ0n) is 12.7. The smallest absolute Gasteiger partial charge is 0.119 e. The maximum absolute atomic E-state index is 5.80. The summed E-state index contributed by atoms with van der Waals surface area (Å²) in [6.45, 7) is 9.91. The van der Waals surface area contributed by atoms with Gasteiger partial charge in [-0.2, -0.15) is 0 Å². The molecule has 0 aliphatic carbocycles. The maximum atomic E-state index is 5.80. The minimum Gasteiger partial charge on any atom is -0.494 e. The molecule has 0 aliphatic heterocycles. The third kappa shape index (κ3) is 7.85. The maximum Gasteiger partial charge on any atom is 0.119 e. The molecule has 0 fully saturated rings. The summed E-state index contributed by atoms with van der Waals surface area (Å²) in [5.74, 6) is 0.954. The lowest BCUT2D eigenvalue weighted by atomic mass is 9.93. The van der Waals surface area contributed by atoms with Gasteiger partial charge >= 0.3 is 0 Å². The van der Waals surface area contributed by atoms with Crippen LogP contribution in [0, 0.1) is 5.41 Å². The van der Waals surface area contributed by atoms with Gasteiger partial charge in [-0.05, 0) is 29.5 Å². The Morgan fingerprint density at radius 1 is 1.16 bits per heavy atom. The molecule has 1 aromatic carbocycles. The van der Waals surface area contributed by atoms with Crippen LogP contribution < -0.4 is 10.1 Å². The second kappa shape index (κ2) is 8.18. The van der Waals surface area contributed by atoms with Crippen molar-refractivity contribution in [3.63, 3.8) is 0 Å². The van der Waals surface area contributed by atoms with Crippen molar-refractivity contribution in [3.05, 3.63) is 29.8 Å². The second-order valence-corrected chi connectivity index (χ2v) is 5.98. The summed E-state index contributed by atoms with van der Waals surface area (Å²) in [5.41, 5.74) is 1.56. The molecule has 0 aromatic heterocycles. The zero-order chi connectivity index (χ0) is 14.1. The van der Waals surface area contributed by atoms with Crippen LogP contribution in [-0.2, 0) is 11.3 Å². The van der Waals surface area contributed by atoms with Gasteiger partial charge < -0.3 is 14.8 Å². The quantitative estimate of drug-likeness (QED) is 0.732. The topological polar surface area (TPSA) is 30.5 Å². The van der Waals surface area contributed by atoms with Crippen LogP contribution >= 0.6 is 0 Å². The molecule has 0 amide bonds. The van der Waals surface area contributed by atoms with Crippen LogP contribution in [0.3, 0.4) is 0 Å². The fourth-order valence-corrected chi connectivity index (χ4v) is 1.63. The molecule has 19 heavy (non-hydrogen) atoms. The molecule has 0 saturated heterocycles. The minimum atomic E-state index is 0.319. The predicted molar refractivity (Wildman–Crippen MR) is 79.6 cm³/mol. The molecule has 3 heteroatoms. The van der Waals surface area contributed by atoms with Crippen molar-refractivity contribution in [1.29, 1.82) is 0 Å². The summed E-state index contributed by atoms with van der Waals surface area (Å²) < 4.78 is 10.8. The van der Waals surface area contributed by atoms with Crippen molar-refractivity contribution in [2.75, 3.05) is 26.9 Å². The van der Waals surface area contributed by atoms with Crippen molar-refractivity contribution in [3.8, 4) is 5.75 Å². The van der Waals surface area contributed by atoms with Crippen molar-refractivity contribution in [2.24, 2.45) is 5.41 Å². The van der Waals surface area contributed by atoms with Crippen molar-refractivity contribution in [1.82, 2.24) is 5.32 Å². The largest absolute Gasteiger partial charge is 0.494 e. The third-order valence-electron chi connectivity index (χ3n) is 2.83. The second-order valence-electron chi connectivity index (χ2n) is 5.98. The first-order valence-electron chi connectivity index (χ1n) is 6.93. The van der Waals surface area contributed by atoms with E-state index in [0.29, 0.717) is 5.41 Å². The number of ether oxygens (including phenoxy) is 2. The highest BCUT2D eigenvalue weighted by molar-refractivity contribution is 5.28. The zero-order valence-corrected chi connectivity index (χ0v) is 12.7. The molecule has 1 aromatic rings. The lowest BCUT2D eigenvalue weighted by Crippen LogP contribution is -2.18. The molecule has 0 saturated carbocycles. The normalized spacial score (nSPS) is 11.6. The number of nitrogens with one attached hydrogen (secondary N) is 1. The Bertz CT molecular complexity index is 358. The molecule has 3 nitrogen and oxygen atoms in total. The molecule has 0 unspecified atom stereocenters. The Labute approximate surface area is 117 Å². The van der Waals surface area contributed by atoms with E-state index in [1.807, 2.05) is 12.1 Å². The Morgan fingerprint density at radius 3 is 2.63 bits per heavy atom. The average Bonchev–Trinajstić information content (AvgIpc) is 2.34. The van der Waals surface area contributed by atoms with E-state index in [2.05, 4.69) is 38.2 Å². The first-order valence-corrected chi connectivity index (χ1v) is 6.93. The van der Waals surface area contributed by atoms with E-state index in [9.17, 15) is 0 Å². The molecule has 0 aliphatic rings. The number of rotatable bonds is 8. The first kappa shape index (κ1) is 16.0.